The third-order valence-corrected chi connectivity index (χ3v) is 4.40. The molecule has 3 aromatic carbocycles. The molecule has 0 amide bonds. The second-order valence-electron chi connectivity index (χ2n) is 6.10. The van der Waals surface area contributed by atoms with E-state index in [-0.39, 0.29) is 0 Å². The summed E-state index contributed by atoms with van der Waals surface area (Å²) < 4.78 is 5.47. The first-order valence-corrected chi connectivity index (χ1v) is 8.59. The fourth-order valence-electron chi connectivity index (χ4n) is 3.09. The SMILES string of the molecule is c1ccc(CCNCc2ccccc2-c2noc3ccccc23)cc1. The molecule has 0 unspecified atom stereocenters. The molecule has 0 aliphatic heterocycles. The molecule has 3 nitrogen and oxygen atoms in total. The summed E-state index contributed by atoms with van der Waals surface area (Å²) in [4.78, 5) is 0. The van der Waals surface area contributed by atoms with E-state index in [1.807, 2.05) is 24.3 Å². The maximum absolute atomic E-state index is 5.47. The van der Waals surface area contributed by atoms with Gasteiger partial charge in [-0.25, -0.2) is 0 Å². The Hall–Kier alpha value is -2.91. The molecule has 4 rings (SSSR count). The van der Waals surface area contributed by atoms with Crippen molar-refractivity contribution in [3.63, 3.8) is 0 Å². The Morgan fingerprint density at radius 1 is 0.800 bits per heavy atom. The first-order chi connectivity index (χ1) is 12.4. The van der Waals surface area contributed by atoms with Crippen LogP contribution in [0.1, 0.15) is 11.1 Å². The summed E-state index contributed by atoms with van der Waals surface area (Å²) in [5.74, 6) is 0. The van der Waals surface area contributed by atoms with Crippen LogP contribution in [0.5, 0.6) is 0 Å². The zero-order valence-corrected chi connectivity index (χ0v) is 14.0. The van der Waals surface area contributed by atoms with Crippen molar-refractivity contribution in [2.75, 3.05) is 6.54 Å². The van der Waals surface area contributed by atoms with E-state index in [1.54, 1.807) is 0 Å². The maximum atomic E-state index is 5.47. The summed E-state index contributed by atoms with van der Waals surface area (Å²) in [6.45, 7) is 1.75. The molecule has 0 aliphatic rings. The van der Waals surface area contributed by atoms with Gasteiger partial charge in [-0.3, -0.25) is 0 Å². The van der Waals surface area contributed by atoms with Crippen molar-refractivity contribution in [1.82, 2.24) is 10.5 Å². The fraction of sp³-hybridized carbons (Fsp3) is 0.136. The Bertz CT molecular complexity index is 960. The molecule has 4 aromatic rings. The normalized spacial score (nSPS) is 11.0. The molecule has 3 heteroatoms. The standard InChI is InChI=1S/C22H20N2O/c1-2-8-17(9-3-1)14-15-23-16-18-10-4-5-11-19(18)22-20-12-6-7-13-21(20)25-24-22/h1-13,23H,14-16H2. The van der Waals surface area contributed by atoms with Crippen LogP contribution < -0.4 is 5.32 Å². The third kappa shape index (κ3) is 3.47. The van der Waals surface area contributed by atoms with Crippen LogP contribution in [0.3, 0.4) is 0 Å². The van der Waals surface area contributed by atoms with Crippen LogP contribution in [0.15, 0.2) is 83.4 Å². The quantitative estimate of drug-likeness (QED) is 0.515. The summed E-state index contributed by atoms with van der Waals surface area (Å²) >= 11 is 0. The molecule has 0 bridgehead atoms. The average molecular weight is 328 g/mol. The minimum atomic E-state index is 0.810. The monoisotopic (exact) mass is 328 g/mol. The maximum Gasteiger partial charge on any atom is 0.167 e. The Labute approximate surface area is 147 Å². The second-order valence-corrected chi connectivity index (χ2v) is 6.10. The molecule has 1 N–H and O–H groups in total. The number of nitrogens with zero attached hydrogens (tertiary/aromatic N) is 1. The predicted octanol–water partition coefficient (Wildman–Crippen LogP) is 4.83. The van der Waals surface area contributed by atoms with Gasteiger partial charge in [-0.2, -0.15) is 0 Å². The third-order valence-electron chi connectivity index (χ3n) is 4.40. The number of nitrogens with one attached hydrogen (secondary N) is 1. The fourth-order valence-corrected chi connectivity index (χ4v) is 3.09. The van der Waals surface area contributed by atoms with Gasteiger partial charge in [0.25, 0.3) is 0 Å². The summed E-state index contributed by atoms with van der Waals surface area (Å²) in [5.41, 5.74) is 5.44. The first kappa shape index (κ1) is 15.6. The van der Waals surface area contributed by atoms with Crippen molar-refractivity contribution in [3.05, 3.63) is 90.0 Å². The van der Waals surface area contributed by atoms with Crippen molar-refractivity contribution >= 4 is 11.0 Å². The summed E-state index contributed by atoms with van der Waals surface area (Å²) in [6.07, 6.45) is 1.02. The van der Waals surface area contributed by atoms with Gasteiger partial charge in [0.1, 0.15) is 5.69 Å². The molecular weight excluding hydrogens is 308 g/mol. The van der Waals surface area contributed by atoms with E-state index in [0.29, 0.717) is 0 Å². The van der Waals surface area contributed by atoms with E-state index in [0.717, 1.165) is 41.7 Å². The Morgan fingerprint density at radius 2 is 1.56 bits per heavy atom. The lowest BCUT2D eigenvalue weighted by atomic mass is 10.0. The largest absolute Gasteiger partial charge is 0.356 e. The lowest BCUT2D eigenvalue weighted by Crippen LogP contribution is -2.17. The Balaban J connectivity index is 1.50. The van der Waals surface area contributed by atoms with E-state index in [4.69, 9.17) is 4.52 Å². The Kier molecular flexibility index (Phi) is 4.57. The minimum Gasteiger partial charge on any atom is -0.356 e. The van der Waals surface area contributed by atoms with Crippen LogP contribution >= 0.6 is 0 Å². The number of benzene rings is 3. The average Bonchev–Trinajstić information content (AvgIpc) is 3.10. The molecule has 0 radical (unpaired) electrons. The molecule has 124 valence electrons. The van der Waals surface area contributed by atoms with Crippen molar-refractivity contribution < 1.29 is 4.52 Å². The summed E-state index contributed by atoms with van der Waals surface area (Å²) in [5, 5.41) is 8.90. The van der Waals surface area contributed by atoms with E-state index in [9.17, 15) is 0 Å². The van der Waals surface area contributed by atoms with Gasteiger partial charge in [-0.1, -0.05) is 71.9 Å². The van der Waals surface area contributed by atoms with Crippen molar-refractivity contribution in [2.45, 2.75) is 13.0 Å². The zero-order valence-electron chi connectivity index (χ0n) is 14.0. The van der Waals surface area contributed by atoms with Crippen molar-refractivity contribution in [2.24, 2.45) is 0 Å². The number of rotatable bonds is 6. The summed E-state index contributed by atoms with van der Waals surface area (Å²) in [7, 11) is 0. The van der Waals surface area contributed by atoms with E-state index >= 15 is 0 Å². The number of fused-ring (bicyclic) bond motifs is 1. The molecule has 0 saturated heterocycles. The van der Waals surface area contributed by atoms with Gasteiger partial charge in [-0.15, -0.1) is 0 Å². The van der Waals surface area contributed by atoms with Crippen LogP contribution in [-0.4, -0.2) is 11.7 Å². The van der Waals surface area contributed by atoms with E-state index in [2.05, 4.69) is 65.1 Å². The van der Waals surface area contributed by atoms with Gasteiger partial charge in [0, 0.05) is 17.5 Å². The number of hydrogen-bond donors (Lipinski definition) is 1. The molecule has 0 atom stereocenters. The molecule has 1 aromatic heterocycles. The van der Waals surface area contributed by atoms with Crippen LogP contribution in [0.25, 0.3) is 22.2 Å². The van der Waals surface area contributed by atoms with Gasteiger partial charge in [0.05, 0.1) is 0 Å². The van der Waals surface area contributed by atoms with Crippen molar-refractivity contribution in [1.29, 1.82) is 0 Å². The second kappa shape index (κ2) is 7.32. The van der Waals surface area contributed by atoms with Crippen LogP contribution in [0, 0.1) is 0 Å². The molecule has 0 fully saturated rings. The van der Waals surface area contributed by atoms with E-state index in [1.165, 1.54) is 11.1 Å². The van der Waals surface area contributed by atoms with E-state index < -0.39 is 0 Å². The van der Waals surface area contributed by atoms with Gasteiger partial charge in [0.2, 0.25) is 0 Å². The molecular formula is C22H20N2O. The van der Waals surface area contributed by atoms with Crippen LogP contribution in [0.2, 0.25) is 0 Å². The smallest absolute Gasteiger partial charge is 0.167 e. The number of aromatic nitrogens is 1. The highest BCUT2D eigenvalue weighted by Crippen LogP contribution is 2.30. The highest BCUT2D eigenvalue weighted by atomic mass is 16.5. The summed E-state index contributed by atoms with van der Waals surface area (Å²) in [6, 6.07) is 26.9. The topological polar surface area (TPSA) is 38.1 Å². The highest BCUT2D eigenvalue weighted by Gasteiger charge is 2.12. The lowest BCUT2D eigenvalue weighted by molar-refractivity contribution is 0.459. The Morgan fingerprint density at radius 3 is 2.48 bits per heavy atom. The first-order valence-electron chi connectivity index (χ1n) is 8.59. The minimum absolute atomic E-state index is 0.810. The number of para-hydroxylation sites is 1. The van der Waals surface area contributed by atoms with Crippen LogP contribution in [0.4, 0.5) is 0 Å². The highest BCUT2D eigenvalue weighted by molar-refractivity contribution is 5.92. The van der Waals surface area contributed by atoms with Gasteiger partial charge < -0.3 is 9.84 Å². The predicted molar refractivity (Wildman–Crippen MR) is 101 cm³/mol. The zero-order chi connectivity index (χ0) is 16.9. The van der Waals surface area contributed by atoms with Gasteiger partial charge >= 0.3 is 0 Å². The molecule has 0 saturated carbocycles. The molecule has 25 heavy (non-hydrogen) atoms. The van der Waals surface area contributed by atoms with Gasteiger partial charge in [0.15, 0.2) is 5.58 Å². The van der Waals surface area contributed by atoms with Crippen LogP contribution in [-0.2, 0) is 13.0 Å². The molecule has 0 spiro atoms. The lowest BCUT2D eigenvalue weighted by Gasteiger charge is -2.09. The number of hydrogen-bond acceptors (Lipinski definition) is 3. The van der Waals surface area contributed by atoms with Gasteiger partial charge in [-0.05, 0) is 36.2 Å². The van der Waals surface area contributed by atoms with Crippen molar-refractivity contribution in [3.8, 4) is 11.3 Å². The molecule has 0 aliphatic carbocycles. The molecule has 1 heterocycles.